The quantitative estimate of drug-likeness (QED) is 0.440. The van der Waals surface area contributed by atoms with Crippen LogP contribution in [-0.4, -0.2) is 5.25 Å². The Bertz CT molecular complexity index is 41.7. The lowest BCUT2D eigenvalue weighted by molar-refractivity contribution is 0.681. The molecule has 0 aromatic carbocycles. The summed E-state index contributed by atoms with van der Waals surface area (Å²) in [5.74, 6) is 0. The second kappa shape index (κ2) is 5.49. The molecule has 1 unspecified atom stereocenters. The van der Waals surface area contributed by atoms with Crippen molar-refractivity contribution in [2.24, 2.45) is 0 Å². The molecule has 0 aliphatic heterocycles. The molecule has 0 aromatic rings. The van der Waals surface area contributed by atoms with Crippen molar-refractivity contribution in [3.05, 3.63) is 6.92 Å². The minimum atomic E-state index is 0.349. The van der Waals surface area contributed by atoms with Gasteiger partial charge in [-0.25, -0.2) is 0 Å². The zero-order chi connectivity index (χ0) is 6.41. The summed E-state index contributed by atoms with van der Waals surface area (Å²) in [6, 6.07) is 0. The third-order valence-corrected chi connectivity index (χ3v) is 1.40. The summed E-state index contributed by atoms with van der Waals surface area (Å²) >= 11 is 4.16. The highest BCUT2D eigenvalue weighted by Gasteiger charge is 1.91. The highest BCUT2D eigenvalue weighted by atomic mass is 32.1. The van der Waals surface area contributed by atoms with E-state index in [1.54, 1.807) is 0 Å². The average Bonchev–Trinajstić information content (AvgIpc) is 1.66. The van der Waals surface area contributed by atoms with Crippen LogP contribution < -0.4 is 0 Å². The molecule has 0 aliphatic rings. The lowest BCUT2D eigenvalue weighted by Gasteiger charge is -1.99. The first kappa shape index (κ1) is 8.35. The first-order chi connectivity index (χ1) is 3.77. The number of hydrogen-bond donors (Lipinski definition) is 1. The first-order valence-electron chi connectivity index (χ1n) is 3.28. The van der Waals surface area contributed by atoms with Crippen molar-refractivity contribution in [1.82, 2.24) is 0 Å². The molecule has 0 fully saturated rings. The summed E-state index contributed by atoms with van der Waals surface area (Å²) in [5, 5.41) is 0.349. The van der Waals surface area contributed by atoms with E-state index in [1.807, 2.05) is 0 Å². The molecule has 0 amide bonds. The van der Waals surface area contributed by atoms with E-state index in [0.29, 0.717) is 5.25 Å². The Kier molecular flexibility index (Phi) is 5.73. The van der Waals surface area contributed by atoms with Crippen molar-refractivity contribution >= 4 is 12.6 Å². The molecule has 0 aliphatic carbocycles. The van der Waals surface area contributed by atoms with Crippen LogP contribution in [0.15, 0.2) is 0 Å². The molecule has 8 heavy (non-hydrogen) atoms. The highest BCUT2D eigenvalue weighted by molar-refractivity contribution is 7.81. The molecule has 0 nitrogen and oxygen atoms in total. The van der Waals surface area contributed by atoms with E-state index in [4.69, 9.17) is 0 Å². The molecule has 49 valence electrons. The maximum absolute atomic E-state index is 4.16. The fourth-order valence-corrected chi connectivity index (χ4v) is 0.813. The van der Waals surface area contributed by atoms with Gasteiger partial charge in [0.1, 0.15) is 0 Å². The molecule has 1 radical (unpaired) electrons. The molecular weight excluding hydrogens is 116 g/mol. The van der Waals surface area contributed by atoms with Gasteiger partial charge in [0.2, 0.25) is 0 Å². The minimum Gasteiger partial charge on any atom is -0.176 e. The monoisotopic (exact) mass is 131 g/mol. The van der Waals surface area contributed by atoms with Crippen molar-refractivity contribution in [2.45, 2.75) is 37.9 Å². The van der Waals surface area contributed by atoms with Crippen LogP contribution in [0.1, 0.15) is 32.6 Å². The number of hydrogen-bond acceptors (Lipinski definition) is 1. The number of unbranched alkanes of at least 4 members (excludes halogenated alkanes) is 2. The average molecular weight is 131 g/mol. The smallest absolute Gasteiger partial charge is 0.00172 e. The summed E-state index contributed by atoms with van der Waals surface area (Å²) in [4.78, 5) is 0. The molecule has 0 N–H and O–H groups in total. The van der Waals surface area contributed by atoms with E-state index in [1.165, 1.54) is 19.3 Å². The molecule has 0 saturated heterocycles. The van der Waals surface area contributed by atoms with Crippen LogP contribution in [0.25, 0.3) is 0 Å². The van der Waals surface area contributed by atoms with E-state index in [2.05, 4.69) is 26.5 Å². The topological polar surface area (TPSA) is 0 Å². The largest absolute Gasteiger partial charge is 0.176 e. The van der Waals surface area contributed by atoms with Gasteiger partial charge >= 0.3 is 0 Å². The standard InChI is InChI=1S/C7H15S/c1-3-4-5-6-7(2)8/h7-8H,2-6H2,1H3. The fourth-order valence-electron chi connectivity index (χ4n) is 0.630. The highest BCUT2D eigenvalue weighted by Crippen LogP contribution is 2.06. The second-order valence-corrected chi connectivity index (χ2v) is 2.88. The van der Waals surface area contributed by atoms with E-state index in [0.717, 1.165) is 6.42 Å². The van der Waals surface area contributed by atoms with E-state index >= 15 is 0 Å². The minimum absolute atomic E-state index is 0.349. The zero-order valence-electron chi connectivity index (χ0n) is 5.56. The van der Waals surface area contributed by atoms with Gasteiger partial charge in [-0.15, -0.1) is 0 Å². The fraction of sp³-hybridized carbons (Fsp3) is 0.857. The molecule has 0 bridgehead atoms. The normalized spacial score (nSPS) is 13.9. The lowest BCUT2D eigenvalue weighted by Crippen LogP contribution is -1.89. The third kappa shape index (κ3) is 6.35. The summed E-state index contributed by atoms with van der Waals surface area (Å²) in [6.07, 6.45) is 5.07. The maximum atomic E-state index is 4.16. The van der Waals surface area contributed by atoms with Crippen LogP contribution >= 0.6 is 12.6 Å². The van der Waals surface area contributed by atoms with Crippen LogP contribution in [-0.2, 0) is 0 Å². The Labute approximate surface area is 58.1 Å². The predicted molar refractivity (Wildman–Crippen MR) is 42.3 cm³/mol. The summed E-state index contributed by atoms with van der Waals surface area (Å²) in [7, 11) is 0. The molecule has 0 spiro atoms. The van der Waals surface area contributed by atoms with Gasteiger partial charge in [-0.3, -0.25) is 0 Å². The molecule has 0 heterocycles. The predicted octanol–water partition coefficient (Wildman–Crippen LogP) is 2.70. The van der Waals surface area contributed by atoms with Gasteiger partial charge < -0.3 is 0 Å². The van der Waals surface area contributed by atoms with E-state index in [-0.39, 0.29) is 0 Å². The van der Waals surface area contributed by atoms with Crippen molar-refractivity contribution in [1.29, 1.82) is 0 Å². The number of rotatable bonds is 4. The van der Waals surface area contributed by atoms with Crippen molar-refractivity contribution in [2.75, 3.05) is 0 Å². The third-order valence-electron chi connectivity index (χ3n) is 1.14. The SMILES string of the molecule is [CH2]C(S)CCCCC. The Balaban J connectivity index is 2.72. The molecule has 0 aromatic heterocycles. The van der Waals surface area contributed by atoms with Gasteiger partial charge in [0, 0.05) is 5.25 Å². The lowest BCUT2D eigenvalue weighted by atomic mass is 10.2. The van der Waals surface area contributed by atoms with Crippen LogP contribution in [0.5, 0.6) is 0 Å². The molecule has 1 heteroatoms. The maximum Gasteiger partial charge on any atom is 0.00172 e. The second-order valence-electron chi connectivity index (χ2n) is 2.15. The van der Waals surface area contributed by atoms with Crippen LogP contribution in [0.3, 0.4) is 0 Å². The first-order valence-corrected chi connectivity index (χ1v) is 3.80. The van der Waals surface area contributed by atoms with Gasteiger partial charge in [0.25, 0.3) is 0 Å². The number of thiol groups is 1. The van der Waals surface area contributed by atoms with Crippen LogP contribution in [0, 0.1) is 6.92 Å². The van der Waals surface area contributed by atoms with Crippen LogP contribution in [0.4, 0.5) is 0 Å². The Morgan fingerprint density at radius 1 is 1.50 bits per heavy atom. The van der Waals surface area contributed by atoms with Crippen LogP contribution in [0.2, 0.25) is 0 Å². The van der Waals surface area contributed by atoms with Gasteiger partial charge in [-0.05, 0) is 13.3 Å². The Morgan fingerprint density at radius 3 is 2.50 bits per heavy atom. The Morgan fingerprint density at radius 2 is 2.12 bits per heavy atom. The summed E-state index contributed by atoms with van der Waals surface area (Å²) in [5.41, 5.74) is 0. The Hall–Kier alpha value is 0.350. The van der Waals surface area contributed by atoms with E-state index < -0.39 is 0 Å². The molecule has 1 atom stereocenters. The van der Waals surface area contributed by atoms with Crippen molar-refractivity contribution < 1.29 is 0 Å². The van der Waals surface area contributed by atoms with Crippen molar-refractivity contribution in [3.63, 3.8) is 0 Å². The molecule has 0 saturated carbocycles. The van der Waals surface area contributed by atoms with E-state index in [9.17, 15) is 0 Å². The molecular formula is C7H15S. The zero-order valence-corrected chi connectivity index (χ0v) is 6.45. The molecule has 0 rings (SSSR count). The van der Waals surface area contributed by atoms with Crippen molar-refractivity contribution in [3.8, 4) is 0 Å². The van der Waals surface area contributed by atoms with Gasteiger partial charge in [-0.2, -0.15) is 12.6 Å². The van der Waals surface area contributed by atoms with Gasteiger partial charge in [-0.1, -0.05) is 26.2 Å². The van der Waals surface area contributed by atoms with Gasteiger partial charge in [0.15, 0.2) is 0 Å². The summed E-state index contributed by atoms with van der Waals surface area (Å²) in [6.45, 7) is 5.98. The van der Waals surface area contributed by atoms with Gasteiger partial charge in [0.05, 0.1) is 0 Å². The summed E-state index contributed by atoms with van der Waals surface area (Å²) < 4.78 is 0.